The van der Waals surface area contributed by atoms with Crippen molar-refractivity contribution in [3.63, 3.8) is 0 Å². The standard InChI is InChI=1S/C54H57BrN5O9P/c1-36(2)60(37(3)4)70(66-33-15-31-56)69-49-46(35-65-54(39-18-11-8-12-19-39,40-22-26-42(63-5)27-23-40)41-24-28-43(64-6)29-25-41)68-53(44-20-13-14-21-45(44)55)34-48(67-50(49)53)59-32-30-47(58-52(59)62)57-51(61)38-16-9-7-10-17-38/h7-14,16-30,32,36-37,46,48-50H,15,33-35H2,1-6H3,(H,57,58,61,62)/t46-,48+,49-,50-,53+,70?/m1/s1. The SMILES string of the molecule is COc1ccc(C(OC[C@H]2O[C@]3(c4ccccc4Br)C[C@@H](n4ccc(NC(=O)c5ccccc5)nc4=O)O[C@@H]3[C@@H]2OP(OCCC#N)N(C(C)C)C(C)C)(c2ccccc2)c2ccc(OC)cc2)cc1. The number of hydrogen-bond acceptors (Lipinski definition) is 12. The Hall–Kier alpha value is -5.79. The molecule has 1 aromatic heterocycles. The van der Waals surface area contributed by atoms with Crippen LogP contribution >= 0.6 is 24.5 Å². The van der Waals surface area contributed by atoms with Gasteiger partial charge in [-0.1, -0.05) is 107 Å². The van der Waals surface area contributed by atoms with Gasteiger partial charge in [-0.2, -0.15) is 10.2 Å². The Kier molecular flexibility index (Phi) is 16.3. The van der Waals surface area contributed by atoms with Crippen molar-refractivity contribution in [3.05, 3.63) is 188 Å². The zero-order chi connectivity index (χ0) is 49.4. The number of ether oxygens (including phenoxy) is 5. The molecule has 1 N–H and O–H groups in total. The van der Waals surface area contributed by atoms with Crippen molar-refractivity contribution in [2.75, 3.05) is 32.8 Å². The second kappa shape index (κ2) is 22.5. The van der Waals surface area contributed by atoms with E-state index in [2.05, 4.69) is 64.7 Å². The molecule has 14 nitrogen and oxygen atoms in total. The average Bonchev–Trinajstić information content (AvgIpc) is 3.88. The number of hydrogen-bond donors (Lipinski definition) is 1. The number of carbonyl (C=O) groups excluding carboxylic acids is 1. The molecule has 6 atom stereocenters. The number of aromatic nitrogens is 2. The van der Waals surface area contributed by atoms with Gasteiger partial charge in [-0.05, 0) is 92.9 Å². The third-order valence-electron chi connectivity index (χ3n) is 12.5. The third-order valence-corrected chi connectivity index (χ3v) is 15.3. The first-order chi connectivity index (χ1) is 33.9. The summed E-state index contributed by atoms with van der Waals surface area (Å²) < 4.78 is 51.6. The van der Waals surface area contributed by atoms with Gasteiger partial charge in [-0.3, -0.25) is 9.36 Å². The lowest BCUT2D eigenvalue weighted by Gasteiger charge is -2.39. The fraction of sp³-hybridized carbons (Fsp3) is 0.333. The molecule has 1 amide bonds. The molecule has 0 bridgehead atoms. The third kappa shape index (κ3) is 10.5. The molecule has 364 valence electrons. The molecular formula is C54H57BrN5O9P. The van der Waals surface area contributed by atoms with E-state index in [0.717, 1.165) is 26.7 Å². The molecule has 0 radical (unpaired) electrons. The summed E-state index contributed by atoms with van der Waals surface area (Å²) in [6, 6.07) is 45.9. The highest BCUT2D eigenvalue weighted by molar-refractivity contribution is 9.10. The highest BCUT2D eigenvalue weighted by atomic mass is 79.9. The summed E-state index contributed by atoms with van der Waals surface area (Å²) in [6.45, 7) is 8.43. The number of nitrogens with one attached hydrogen (secondary N) is 1. The quantitative estimate of drug-likeness (QED) is 0.0439. The van der Waals surface area contributed by atoms with Crippen molar-refractivity contribution in [3.8, 4) is 17.6 Å². The molecule has 0 aliphatic carbocycles. The summed E-state index contributed by atoms with van der Waals surface area (Å²) in [6.07, 6.45) is -1.53. The van der Waals surface area contributed by atoms with Crippen LogP contribution in [0.15, 0.2) is 155 Å². The van der Waals surface area contributed by atoms with Crippen molar-refractivity contribution in [2.45, 2.75) is 88.4 Å². The first kappa shape index (κ1) is 50.6. The van der Waals surface area contributed by atoms with Crippen LogP contribution in [0.5, 0.6) is 11.5 Å². The topological polar surface area (TPSA) is 156 Å². The minimum atomic E-state index is -1.86. The Bertz CT molecular complexity index is 2740. The molecule has 6 aromatic rings. The first-order valence-electron chi connectivity index (χ1n) is 23.2. The van der Waals surface area contributed by atoms with Crippen LogP contribution in [-0.4, -0.2) is 78.0 Å². The van der Waals surface area contributed by atoms with Gasteiger partial charge in [0.25, 0.3) is 14.4 Å². The number of anilines is 1. The van der Waals surface area contributed by atoms with Crippen LogP contribution in [0.1, 0.15) is 79.4 Å². The largest absolute Gasteiger partial charge is 0.497 e. The van der Waals surface area contributed by atoms with Gasteiger partial charge in [-0.15, -0.1) is 0 Å². The second-order valence-corrected chi connectivity index (χ2v) is 19.8. The maximum absolute atomic E-state index is 14.0. The van der Waals surface area contributed by atoms with Gasteiger partial charge < -0.3 is 38.0 Å². The van der Waals surface area contributed by atoms with Gasteiger partial charge in [0, 0.05) is 40.3 Å². The summed E-state index contributed by atoms with van der Waals surface area (Å²) in [5, 5.41) is 12.4. The van der Waals surface area contributed by atoms with Crippen LogP contribution in [0.3, 0.4) is 0 Å². The fourth-order valence-corrected chi connectivity index (χ4v) is 11.8. The molecule has 0 spiro atoms. The number of nitrogens with zero attached hydrogens (tertiary/aromatic N) is 4. The predicted molar refractivity (Wildman–Crippen MR) is 270 cm³/mol. The Balaban J connectivity index is 1.24. The average molecular weight is 1030 g/mol. The van der Waals surface area contributed by atoms with E-state index >= 15 is 0 Å². The molecule has 16 heteroatoms. The number of halogens is 1. The van der Waals surface area contributed by atoms with E-state index in [1.807, 2.05) is 109 Å². The summed E-state index contributed by atoms with van der Waals surface area (Å²) in [4.78, 5) is 31.3. The molecule has 1 unspecified atom stereocenters. The highest BCUT2D eigenvalue weighted by Gasteiger charge is 2.65. The van der Waals surface area contributed by atoms with Crippen LogP contribution in [-0.2, 0) is 34.5 Å². The summed E-state index contributed by atoms with van der Waals surface area (Å²) in [7, 11) is 1.41. The van der Waals surface area contributed by atoms with Crippen LogP contribution in [0, 0.1) is 11.3 Å². The van der Waals surface area contributed by atoms with Crippen LogP contribution in [0.25, 0.3) is 0 Å². The number of fused-ring (bicyclic) bond motifs is 1. The number of amides is 1. The maximum Gasteiger partial charge on any atom is 0.351 e. The predicted octanol–water partition coefficient (Wildman–Crippen LogP) is 10.5. The summed E-state index contributed by atoms with van der Waals surface area (Å²) >= 11 is 3.85. The Labute approximate surface area is 418 Å². The number of benzene rings is 5. The van der Waals surface area contributed by atoms with Crippen molar-refractivity contribution < 1.29 is 37.5 Å². The van der Waals surface area contributed by atoms with Gasteiger partial charge in [0.15, 0.2) is 0 Å². The molecular weight excluding hydrogens is 973 g/mol. The fourth-order valence-electron chi connectivity index (χ4n) is 9.40. The number of rotatable bonds is 20. The monoisotopic (exact) mass is 1030 g/mol. The van der Waals surface area contributed by atoms with Gasteiger partial charge in [0.1, 0.15) is 53.1 Å². The number of carbonyl (C=O) groups is 1. The van der Waals surface area contributed by atoms with E-state index in [-0.39, 0.29) is 44.0 Å². The molecule has 2 saturated heterocycles. The molecule has 2 aliphatic rings. The Morgan fingerprint density at radius 1 is 0.871 bits per heavy atom. The number of nitriles is 1. The summed E-state index contributed by atoms with van der Waals surface area (Å²) in [5.41, 5.74) is 0.674. The lowest BCUT2D eigenvalue weighted by Crippen LogP contribution is -2.43. The minimum absolute atomic E-state index is 0.0167. The molecule has 8 rings (SSSR count). The van der Waals surface area contributed by atoms with E-state index in [1.165, 1.54) is 4.57 Å². The van der Waals surface area contributed by atoms with Gasteiger partial charge in [0.2, 0.25) is 0 Å². The molecule has 70 heavy (non-hydrogen) atoms. The highest BCUT2D eigenvalue weighted by Crippen LogP contribution is 2.59. The van der Waals surface area contributed by atoms with Gasteiger partial charge >= 0.3 is 5.69 Å². The van der Waals surface area contributed by atoms with E-state index in [4.69, 9.17) is 32.7 Å². The van der Waals surface area contributed by atoms with E-state index < -0.39 is 55.9 Å². The Morgan fingerprint density at radius 2 is 1.46 bits per heavy atom. The molecule has 0 saturated carbocycles. The van der Waals surface area contributed by atoms with E-state index in [9.17, 15) is 14.9 Å². The van der Waals surface area contributed by atoms with Crippen molar-refractivity contribution in [2.24, 2.45) is 0 Å². The van der Waals surface area contributed by atoms with Gasteiger partial charge in [0.05, 0.1) is 39.9 Å². The molecule has 2 aliphatic heterocycles. The molecule has 2 fully saturated rings. The lowest BCUT2D eigenvalue weighted by molar-refractivity contribution is -0.114. The van der Waals surface area contributed by atoms with Crippen LogP contribution < -0.4 is 20.5 Å². The smallest absolute Gasteiger partial charge is 0.351 e. The normalized spacial score (nSPS) is 20.3. The van der Waals surface area contributed by atoms with Crippen molar-refractivity contribution in [1.82, 2.24) is 14.2 Å². The maximum atomic E-state index is 14.0. The Morgan fingerprint density at radius 3 is 2.03 bits per heavy atom. The van der Waals surface area contributed by atoms with Crippen LogP contribution in [0.4, 0.5) is 5.82 Å². The second-order valence-electron chi connectivity index (χ2n) is 17.5. The number of methoxy groups -OCH3 is 2. The van der Waals surface area contributed by atoms with E-state index in [0.29, 0.717) is 17.1 Å². The summed E-state index contributed by atoms with van der Waals surface area (Å²) in [5.74, 6) is 1.08. The zero-order valence-electron chi connectivity index (χ0n) is 39.9. The van der Waals surface area contributed by atoms with Crippen molar-refractivity contribution >= 4 is 36.2 Å². The van der Waals surface area contributed by atoms with E-state index in [1.54, 1.807) is 50.7 Å². The lowest BCUT2D eigenvalue weighted by atomic mass is 9.80. The van der Waals surface area contributed by atoms with Gasteiger partial charge in [-0.25, -0.2) is 9.46 Å². The first-order valence-corrected chi connectivity index (χ1v) is 25.1. The minimum Gasteiger partial charge on any atom is -0.497 e. The zero-order valence-corrected chi connectivity index (χ0v) is 42.4. The van der Waals surface area contributed by atoms with Crippen LogP contribution in [0.2, 0.25) is 0 Å². The van der Waals surface area contributed by atoms with Crippen molar-refractivity contribution in [1.29, 1.82) is 5.26 Å². The molecule has 3 heterocycles. The molecule has 5 aromatic carbocycles.